The molecule has 4 nitrogen and oxygen atoms in total. The Kier molecular flexibility index (Phi) is 4.13. The number of para-hydroxylation sites is 1. The number of aryl methyl sites for hydroxylation is 1. The van der Waals surface area contributed by atoms with Crippen LogP contribution < -0.4 is 10.1 Å². The van der Waals surface area contributed by atoms with Crippen molar-refractivity contribution in [3.05, 3.63) is 53.7 Å². The van der Waals surface area contributed by atoms with Gasteiger partial charge in [0.15, 0.2) is 0 Å². The normalized spacial score (nSPS) is 10.0. The average Bonchev–Trinajstić information content (AvgIpc) is 2.47. The van der Waals surface area contributed by atoms with Crippen LogP contribution in [0, 0.1) is 0 Å². The Morgan fingerprint density at radius 3 is 2.74 bits per heavy atom. The minimum atomic E-state index is -0.236. The van der Waals surface area contributed by atoms with Crippen LogP contribution in [0.2, 0.25) is 0 Å². The Labute approximate surface area is 112 Å². The van der Waals surface area contributed by atoms with Crippen LogP contribution in [0.3, 0.4) is 0 Å². The largest absolute Gasteiger partial charge is 0.481 e. The van der Waals surface area contributed by atoms with Crippen LogP contribution in [0.25, 0.3) is 0 Å². The smallest absolute Gasteiger partial charge is 0.274 e. The number of carbonyl (C=O) groups excluding carboxylic acids is 1. The Hall–Kier alpha value is -2.36. The number of pyridine rings is 1. The van der Waals surface area contributed by atoms with Crippen molar-refractivity contribution < 1.29 is 9.53 Å². The van der Waals surface area contributed by atoms with Crippen LogP contribution in [0.15, 0.2) is 42.5 Å². The molecule has 0 radical (unpaired) electrons. The minimum absolute atomic E-state index is 0.236. The van der Waals surface area contributed by atoms with Gasteiger partial charge in [0.05, 0.1) is 7.11 Å². The lowest BCUT2D eigenvalue weighted by Crippen LogP contribution is -2.15. The molecule has 1 amide bonds. The molecule has 0 bridgehead atoms. The lowest BCUT2D eigenvalue weighted by molar-refractivity contribution is 0.102. The number of hydrogen-bond donors (Lipinski definition) is 1. The third-order valence-electron chi connectivity index (χ3n) is 2.81. The van der Waals surface area contributed by atoms with Crippen molar-refractivity contribution in [2.45, 2.75) is 13.3 Å². The van der Waals surface area contributed by atoms with Gasteiger partial charge in [0, 0.05) is 11.8 Å². The SMILES string of the molecule is CCc1ccccc1NC(=O)c1cccc(OC)n1. The molecular weight excluding hydrogens is 240 g/mol. The highest BCUT2D eigenvalue weighted by Gasteiger charge is 2.10. The summed E-state index contributed by atoms with van der Waals surface area (Å²) < 4.78 is 5.01. The van der Waals surface area contributed by atoms with E-state index in [0.717, 1.165) is 17.7 Å². The van der Waals surface area contributed by atoms with Gasteiger partial charge in [0.2, 0.25) is 5.88 Å². The Balaban J connectivity index is 2.20. The molecule has 0 saturated heterocycles. The summed E-state index contributed by atoms with van der Waals surface area (Å²) in [6.07, 6.45) is 0.863. The summed E-state index contributed by atoms with van der Waals surface area (Å²) in [5.41, 5.74) is 2.25. The highest BCUT2D eigenvalue weighted by atomic mass is 16.5. The summed E-state index contributed by atoms with van der Waals surface area (Å²) in [4.78, 5) is 16.2. The lowest BCUT2D eigenvalue weighted by Gasteiger charge is -2.09. The highest BCUT2D eigenvalue weighted by Crippen LogP contribution is 2.16. The predicted octanol–water partition coefficient (Wildman–Crippen LogP) is 2.90. The number of ether oxygens (including phenoxy) is 1. The topological polar surface area (TPSA) is 51.2 Å². The van der Waals surface area contributed by atoms with Crippen molar-refractivity contribution in [3.63, 3.8) is 0 Å². The first kappa shape index (κ1) is 13.1. The van der Waals surface area contributed by atoms with Crippen molar-refractivity contribution in [2.24, 2.45) is 0 Å². The number of rotatable bonds is 4. The number of aromatic nitrogens is 1. The van der Waals surface area contributed by atoms with Crippen molar-refractivity contribution in [2.75, 3.05) is 12.4 Å². The average molecular weight is 256 g/mol. The molecule has 0 saturated carbocycles. The monoisotopic (exact) mass is 256 g/mol. The van der Waals surface area contributed by atoms with Crippen LogP contribution in [0.5, 0.6) is 5.88 Å². The molecule has 1 aromatic carbocycles. The molecule has 1 aromatic heterocycles. The van der Waals surface area contributed by atoms with Crippen LogP contribution in [-0.4, -0.2) is 18.0 Å². The van der Waals surface area contributed by atoms with Crippen molar-refractivity contribution >= 4 is 11.6 Å². The van der Waals surface area contributed by atoms with Crippen molar-refractivity contribution in [1.29, 1.82) is 0 Å². The molecule has 0 atom stereocenters. The number of methoxy groups -OCH3 is 1. The zero-order valence-corrected chi connectivity index (χ0v) is 11.0. The molecule has 0 fully saturated rings. The molecule has 0 unspecified atom stereocenters. The first-order valence-electron chi connectivity index (χ1n) is 6.15. The van der Waals surface area contributed by atoms with E-state index >= 15 is 0 Å². The Morgan fingerprint density at radius 2 is 2.00 bits per heavy atom. The molecule has 2 rings (SSSR count). The fourth-order valence-electron chi connectivity index (χ4n) is 1.79. The van der Waals surface area contributed by atoms with Gasteiger partial charge in [-0.1, -0.05) is 31.2 Å². The van der Waals surface area contributed by atoms with E-state index < -0.39 is 0 Å². The first-order valence-corrected chi connectivity index (χ1v) is 6.15. The van der Waals surface area contributed by atoms with Crippen molar-refractivity contribution in [1.82, 2.24) is 4.98 Å². The van der Waals surface area contributed by atoms with Crippen LogP contribution >= 0.6 is 0 Å². The van der Waals surface area contributed by atoms with Gasteiger partial charge in [-0.15, -0.1) is 0 Å². The summed E-state index contributed by atoms with van der Waals surface area (Å²) in [5.74, 6) is 0.191. The molecule has 1 heterocycles. The molecule has 0 aliphatic carbocycles. The second-order valence-electron chi connectivity index (χ2n) is 4.03. The molecule has 19 heavy (non-hydrogen) atoms. The zero-order valence-electron chi connectivity index (χ0n) is 11.0. The number of amides is 1. The lowest BCUT2D eigenvalue weighted by atomic mass is 10.1. The van der Waals surface area contributed by atoms with Crippen LogP contribution in [-0.2, 0) is 6.42 Å². The highest BCUT2D eigenvalue weighted by molar-refractivity contribution is 6.03. The number of benzene rings is 1. The van der Waals surface area contributed by atoms with E-state index in [4.69, 9.17) is 4.74 Å². The van der Waals surface area contributed by atoms with Crippen LogP contribution in [0.1, 0.15) is 23.0 Å². The van der Waals surface area contributed by atoms with E-state index in [9.17, 15) is 4.79 Å². The second-order valence-corrected chi connectivity index (χ2v) is 4.03. The van der Waals surface area contributed by atoms with E-state index in [1.54, 1.807) is 18.2 Å². The number of anilines is 1. The number of nitrogens with zero attached hydrogens (tertiary/aromatic N) is 1. The Morgan fingerprint density at radius 1 is 1.21 bits per heavy atom. The fourth-order valence-corrected chi connectivity index (χ4v) is 1.79. The van der Waals surface area contributed by atoms with Gasteiger partial charge < -0.3 is 10.1 Å². The quantitative estimate of drug-likeness (QED) is 0.915. The maximum atomic E-state index is 12.1. The van der Waals surface area contributed by atoms with Crippen LogP contribution in [0.4, 0.5) is 5.69 Å². The minimum Gasteiger partial charge on any atom is -0.481 e. The molecule has 4 heteroatoms. The van der Waals surface area contributed by atoms with Gasteiger partial charge in [0.1, 0.15) is 5.69 Å². The fraction of sp³-hybridized carbons (Fsp3) is 0.200. The maximum Gasteiger partial charge on any atom is 0.274 e. The number of nitrogens with one attached hydrogen (secondary N) is 1. The van der Waals surface area contributed by atoms with E-state index in [1.165, 1.54) is 7.11 Å². The van der Waals surface area contributed by atoms with E-state index in [-0.39, 0.29) is 5.91 Å². The molecular formula is C15H16N2O2. The maximum absolute atomic E-state index is 12.1. The molecule has 2 aromatic rings. The Bertz CT molecular complexity index is 582. The molecule has 0 aliphatic heterocycles. The van der Waals surface area contributed by atoms with E-state index in [0.29, 0.717) is 11.6 Å². The zero-order chi connectivity index (χ0) is 13.7. The molecule has 1 N–H and O–H groups in total. The number of carbonyl (C=O) groups is 1. The van der Waals surface area contributed by atoms with E-state index in [2.05, 4.69) is 17.2 Å². The van der Waals surface area contributed by atoms with Gasteiger partial charge in [0.25, 0.3) is 5.91 Å². The molecule has 98 valence electrons. The third kappa shape index (κ3) is 3.10. The predicted molar refractivity (Wildman–Crippen MR) is 74.6 cm³/mol. The van der Waals surface area contributed by atoms with Gasteiger partial charge in [-0.3, -0.25) is 4.79 Å². The van der Waals surface area contributed by atoms with Crippen molar-refractivity contribution in [3.8, 4) is 5.88 Å². The number of hydrogen-bond acceptors (Lipinski definition) is 3. The van der Waals surface area contributed by atoms with E-state index in [1.807, 2.05) is 24.3 Å². The first-order chi connectivity index (χ1) is 9.24. The summed E-state index contributed by atoms with van der Waals surface area (Å²) in [5, 5.41) is 2.87. The second kappa shape index (κ2) is 6.00. The summed E-state index contributed by atoms with van der Waals surface area (Å²) >= 11 is 0. The summed E-state index contributed by atoms with van der Waals surface area (Å²) in [7, 11) is 1.52. The van der Waals surface area contributed by atoms with Gasteiger partial charge in [-0.25, -0.2) is 4.98 Å². The summed E-state index contributed by atoms with van der Waals surface area (Å²) in [6.45, 7) is 2.05. The van der Waals surface area contributed by atoms with Gasteiger partial charge in [-0.2, -0.15) is 0 Å². The van der Waals surface area contributed by atoms with Gasteiger partial charge in [-0.05, 0) is 24.1 Å². The summed E-state index contributed by atoms with van der Waals surface area (Å²) in [6, 6.07) is 12.8. The standard InChI is InChI=1S/C15H16N2O2/c1-3-11-7-4-5-8-12(11)17-15(18)13-9-6-10-14(16-13)19-2/h4-10H,3H2,1-2H3,(H,17,18). The van der Waals surface area contributed by atoms with Gasteiger partial charge >= 0.3 is 0 Å². The third-order valence-corrected chi connectivity index (χ3v) is 2.81. The molecule has 0 aliphatic rings. The molecule has 0 spiro atoms.